The number of aromatic hydroxyl groups is 2. The second-order valence-corrected chi connectivity index (χ2v) is 7.77. The maximum atomic E-state index is 12.1. The van der Waals surface area contributed by atoms with Gasteiger partial charge in [0.2, 0.25) is 0 Å². The highest BCUT2D eigenvalue weighted by Gasteiger charge is 2.69. The van der Waals surface area contributed by atoms with Crippen molar-refractivity contribution in [1.82, 2.24) is 0 Å². The molecule has 3 aromatic carbocycles. The van der Waals surface area contributed by atoms with Crippen molar-refractivity contribution in [3.63, 3.8) is 0 Å². The van der Waals surface area contributed by atoms with Crippen molar-refractivity contribution in [1.29, 1.82) is 0 Å². The van der Waals surface area contributed by atoms with E-state index in [2.05, 4.69) is 0 Å². The van der Waals surface area contributed by atoms with E-state index < -0.39 is 11.2 Å². The van der Waals surface area contributed by atoms with Gasteiger partial charge < -0.3 is 24.8 Å². The van der Waals surface area contributed by atoms with Gasteiger partial charge in [-0.3, -0.25) is 0 Å². The van der Waals surface area contributed by atoms with Crippen molar-refractivity contribution in [3.05, 3.63) is 83.4 Å². The normalized spacial score (nSPS) is 27.2. The third-order valence-corrected chi connectivity index (χ3v) is 6.35. The van der Waals surface area contributed by atoms with Crippen LogP contribution in [0.25, 0.3) is 0 Å². The quantitative estimate of drug-likeness (QED) is 0.626. The van der Waals surface area contributed by atoms with Crippen molar-refractivity contribution >= 4 is 0 Å². The topological polar surface area (TPSA) is 79.2 Å². The van der Waals surface area contributed by atoms with Crippen molar-refractivity contribution in [2.75, 3.05) is 7.11 Å². The second-order valence-electron chi connectivity index (χ2n) is 7.77. The maximum Gasteiger partial charge on any atom is 0.174 e. The summed E-state index contributed by atoms with van der Waals surface area (Å²) >= 11 is 0. The van der Waals surface area contributed by atoms with Crippen molar-refractivity contribution < 1.29 is 24.8 Å². The third kappa shape index (κ3) is 2.31. The smallest absolute Gasteiger partial charge is 0.174 e. The number of benzene rings is 3. The van der Waals surface area contributed by atoms with Crippen molar-refractivity contribution in [2.45, 2.75) is 30.0 Å². The zero-order valence-electron chi connectivity index (χ0n) is 16.0. The van der Waals surface area contributed by atoms with E-state index in [1.807, 2.05) is 30.3 Å². The minimum atomic E-state index is -1.35. The lowest BCUT2D eigenvalue weighted by Crippen LogP contribution is -2.48. The molecule has 1 aliphatic carbocycles. The van der Waals surface area contributed by atoms with Gasteiger partial charge in [-0.25, -0.2) is 0 Å². The average molecular weight is 390 g/mol. The molecule has 3 N–H and O–H groups in total. The van der Waals surface area contributed by atoms with Gasteiger partial charge in [0.25, 0.3) is 0 Å². The van der Waals surface area contributed by atoms with Gasteiger partial charge in [0.05, 0.1) is 12.7 Å². The van der Waals surface area contributed by atoms with Gasteiger partial charge in [0.15, 0.2) is 5.60 Å². The Bertz CT molecular complexity index is 1060. The maximum absolute atomic E-state index is 12.1. The Kier molecular flexibility index (Phi) is 3.80. The first-order valence-corrected chi connectivity index (χ1v) is 9.67. The van der Waals surface area contributed by atoms with Crippen LogP contribution in [0.5, 0.6) is 23.0 Å². The third-order valence-electron chi connectivity index (χ3n) is 6.35. The highest BCUT2D eigenvalue weighted by Crippen LogP contribution is 2.68. The Balaban J connectivity index is 1.79. The minimum absolute atomic E-state index is 0.0151. The van der Waals surface area contributed by atoms with Crippen LogP contribution in [0.3, 0.4) is 0 Å². The van der Waals surface area contributed by atoms with E-state index in [0.29, 0.717) is 29.9 Å². The molecule has 3 aromatic rings. The summed E-state index contributed by atoms with van der Waals surface area (Å²) in [7, 11) is 1.52. The summed E-state index contributed by atoms with van der Waals surface area (Å²) in [6.07, 6.45) is 1.19. The number of phenolic OH excluding ortho intramolecular Hbond substituents is 2. The molecule has 0 radical (unpaired) electrons. The summed E-state index contributed by atoms with van der Waals surface area (Å²) in [6.45, 7) is 0. The molecule has 0 bridgehead atoms. The van der Waals surface area contributed by atoms with Crippen LogP contribution in [0.2, 0.25) is 0 Å². The number of ether oxygens (including phenoxy) is 2. The highest BCUT2D eigenvalue weighted by atomic mass is 16.5. The molecule has 0 spiro atoms. The number of fused-ring (bicyclic) bond motifs is 3. The Morgan fingerprint density at radius 1 is 0.966 bits per heavy atom. The van der Waals surface area contributed by atoms with E-state index in [1.165, 1.54) is 19.2 Å². The van der Waals surface area contributed by atoms with Crippen molar-refractivity contribution in [3.8, 4) is 23.0 Å². The molecule has 0 aromatic heterocycles. The lowest BCUT2D eigenvalue weighted by molar-refractivity contribution is -0.106. The molecule has 0 amide bonds. The van der Waals surface area contributed by atoms with E-state index in [4.69, 9.17) is 9.47 Å². The molecule has 1 saturated carbocycles. The largest absolute Gasteiger partial charge is 0.508 e. The standard InChI is InChI=1S/C24H22O5/c1-28-20-13-18(26)14-21-22(20)23(27)12-11-19(15-5-3-2-4-6-15)24(23,29-21)16-7-9-17(25)10-8-16/h2-10,13-14,19,25-27H,11-12H2,1H3. The molecule has 2 aliphatic rings. The molecular formula is C24H22O5. The zero-order chi connectivity index (χ0) is 20.2. The molecule has 1 fully saturated rings. The monoisotopic (exact) mass is 390 g/mol. The predicted octanol–water partition coefficient (Wildman–Crippen LogP) is 4.16. The van der Waals surface area contributed by atoms with Crippen LogP contribution >= 0.6 is 0 Å². The average Bonchev–Trinajstić information content (AvgIpc) is 3.15. The molecule has 5 rings (SSSR count). The molecule has 148 valence electrons. The number of methoxy groups -OCH3 is 1. The first-order valence-electron chi connectivity index (χ1n) is 9.67. The van der Waals surface area contributed by atoms with Crippen LogP contribution in [0.4, 0.5) is 0 Å². The molecule has 5 nitrogen and oxygen atoms in total. The van der Waals surface area contributed by atoms with Gasteiger partial charge in [0.1, 0.15) is 28.6 Å². The molecule has 3 atom stereocenters. The van der Waals surface area contributed by atoms with Crippen LogP contribution in [0.1, 0.15) is 35.4 Å². The van der Waals surface area contributed by atoms with E-state index in [-0.39, 0.29) is 17.4 Å². The number of rotatable bonds is 3. The fourth-order valence-corrected chi connectivity index (χ4v) is 5.19. The summed E-state index contributed by atoms with van der Waals surface area (Å²) < 4.78 is 12.1. The molecule has 29 heavy (non-hydrogen) atoms. The zero-order valence-corrected chi connectivity index (χ0v) is 16.0. The van der Waals surface area contributed by atoms with Gasteiger partial charge in [0, 0.05) is 18.1 Å². The Labute approximate surface area is 168 Å². The van der Waals surface area contributed by atoms with Crippen LogP contribution in [0, 0.1) is 0 Å². The fraction of sp³-hybridized carbons (Fsp3) is 0.250. The summed E-state index contributed by atoms with van der Waals surface area (Å²) in [6, 6.07) is 19.8. The Hall–Kier alpha value is -3.18. The minimum Gasteiger partial charge on any atom is -0.508 e. The second kappa shape index (κ2) is 6.16. The van der Waals surface area contributed by atoms with Crippen LogP contribution in [0.15, 0.2) is 66.7 Å². The first kappa shape index (κ1) is 17.9. The molecule has 3 unspecified atom stereocenters. The molecular weight excluding hydrogens is 368 g/mol. The summed E-state index contributed by atoms with van der Waals surface area (Å²) in [5.41, 5.74) is -0.0664. The van der Waals surface area contributed by atoms with Gasteiger partial charge in [-0.2, -0.15) is 0 Å². The SMILES string of the molecule is COc1cc(O)cc2c1C1(O)CCC(c3ccccc3)C1(c1ccc(O)cc1)O2. The van der Waals surface area contributed by atoms with E-state index in [9.17, 15) is 15.3 Å². The highest BCUT2D eigenvalue weighted by molar-refractivity contribution is 5.61. The van der Waals surface area contributed by atoms with Gasteiger partial charge in [-0.05, 0) is 36.1 Å². The Morgan fingerprint density at radius 3 is 2.38 bits per heavy atom. The van der Waals surface area contributed by atoms with Crippen LogP contribution < -0.4 is 9.47 Å². The van der Waals surface area contributed by atoms with Crippen LogP contribution in [-0.2, 0) is 11.2 Å². The van der Waals surface area contributed by atoms with Gasteiger partial charge in [-0.15, -0.1) is 0 Å². The Morgan fingerprint density at radius 2 is 1.69 bits per heavy atom. The predicted molar refractivity (Wildman–Crippen MR) is 107 cm³/mol. The molecule has 1 heterocycles. The molecule has 1 aliphatic heterocycles. The van der Waals surface area contributed by atoms with Gasteiger partial charge in [-0.1, -0.05) is 42.5 Å². The number of phenols is 2. The lowest BCUT2D eigenvalue weighted by atomic mass is 9.71. The first-order chi connectivity index (χ1) is 14.0. The van der Waals surface area contributed by atoms with E-state index >= 15 is 0 Å². The molecule has 0 saturated heterocycles. The van der Waals surface area contributed by atoms with Crippen molar-refractivity contribution in [2.24, 2.45) is 0 Å². The van der Waals surface area contributed by atoms with E-state index in [1.54, 1.807) is 24.3 Å². The summed E-state index contributed by atoms with van der Waals surface area (Å²) in [4.78, 5) is 0. The van der Waals surface area contributed by atoms with Crippen LogP contribution in [-0.4, -0.2) is 22.4 Å². The number of aliphatic hydroxyl groups is 1. The lowest BCUT2D eigenvalue weighted by Gasteiger charge is -2.40. The van der Waals surface area contributed by atoms with E-state index in [0.717, 1.165) is 11.1 Å². The molecule has 5 heteroatoms. The van der Waals surface area contributed by atoms with Gasteiger partial charge >= 0.3 is 0 Å². The summed E-state index contributed by atoms with van der Waals surface area (Å²) in [5.74, 6) is 0.849. The number of hydrogen-bond acceptors (Lipinski definition) is 5. The summed E-state index contributed by atoms with van der Waals surface area (Å²) in [5, 5.41) is 32.1. The fourth-order valence-electron chi connectivity index (χ4n) is 5.19. The number of hydrogen-bond donors (Lipinski definition) is 3.